The van der Waals surface area contributed by atoms with Gasteiger partial charge in [0.2, 0.25) is 0 Å². The molecule has 0 radical (unpaired) electrons. The van der Waals surface area contributed by atoms with Gasteiger partial charge in [-0.15, -0.1) is 22.7 Å². The quantitative estimate of drug-likeness (QED) is 0.0398. The summed E-state index contributed by atoms with van der Waals surface area (Å²) in [5, 5.41) is 0. The standard InChI is InChI=1S/C54H63Br2N3O4S2/c1-5-9-12-14-16-18-33-62-39-25-21-37(22-26-39)49-50(38-23-27-40(28-24-38)63-34-19-17-15-13-10-6-2)58-52-46(42-30-32-44(56)65-42)48-47(45(51(52)57-49)41-29-31-43(55)64-41)53(60)59(54(48)61)35-36(8-4)20-11-7-3/h21-32,36H,5-20,33-35H2,1-4H3. The third kappa shape index (κ3) is 12.0. The van der Waals surface area contributed by atoms with Gasteiger partial charge in [-0.3, -0.25) is 14.5 Å². The van der Waals surface area contributed by atoms with E-state index in [0.717, 1.165) is 91.3 Å². The molecule has 3 aromatic heterocycles. The minimum Gasteiger partial charge on any atom is -0.494 e. The Morgan fingerprint density at radius 3 is 1.32 bits per heavy atom. The van der Waals surface area contributed by atoms with Gasteiger partial charge in [0.25, 0.3) is 11.8 Å². The number of hydrogen-bond acceptors (Lipinski definition) is 8. The summed E-state index contributed by atoms with van der Waals surface area (Å²) in [5.41, 5.74) is 6.35. The third-order valence-corrected chi connectivity index (χ3v) is 15.7. The van der Waals surface area contributed by atoms with Crippen LogP contribution >= 0.6 is 54.5 Å². The number of benzene rings is 3. The molecule has 7 rings (SSSR count). The molecule has 0 bridgehead atoms. The van der Waals surface area contributed by atoms with E-state index in [9.17, 15) is 0 Å². The lowest BCUT2D eigenvalue weighted by molar-refractivity contribution is 0.0624. The van der Waals surface area contributed by atoms with Crippen molar-refractivity contribution in [3.63, 3.8) is 0 Å². The highest BCUT2D eigenvalue weighted by Gasteiger charge is 2.43. The van der Waals surface area contributed by atoms with Gasteiger partial charge in [0, 0.05) is 38.6 Å². The second-order valence-corrected chi connectivity index (χ2v) is 22.2. The molecule has 0 saturated carbocycles. The largest absolute Gasteiger partial charge is 0.494 e. The summed E-state index contributed by atoms with van der Waals surface area (Å²) in [7, 11) is 0. The number of unbranched alkanes of at least 4 members (excludes halogenated alkanes) is 11. The van der Waals surface area contributed by atoms with Gasteiger partial charge in [0.1, 0.15) is 11.5 Å². The van der Waals surface area contributed by atoms with Crippen molar-refractivity contribution in [3.05, 3.63) is 91.5 Å². The molecule has 0 aliphatic carbocycles. The Hall–Kier alpha value is -3.90. The molecule has 0 spiro atoms. The molecule has 3 aromatic carbocycles. The van der Waals surface area contributed by atoms with Crippen molar-refractivity contribution in [3.8, 4) is 54.9 Å². The first kappa shape index (κ1) is 49.0. The summed E-state index contributed by atoms with van der Waals surface area (Å²) in [4.78, 5) is 44.4. The topological polar surface area (TPSA) is 81.6 Å². The number of imide groups is 1. The number of rotatable bonds is 26. The molecular formula is C54H63Br2N3O4S2. The molecule has 1 unspecified atom stereocenters. The maximum Gasteiger partial charge on any atom is 0.262 e. The Bertz CT molecular complexity index is 2350. The predicted molar refractivity (Wildman–Crippen MR) is 279 cm³/mol. The van der Waals surface area contributed by atoms with E-state index < -0.39 is 0 Å². The Balaban J connectivity index is 1.37. The fraction of sp³-hybridized carbons (Fsp3) is 0.444. The summed E-state index contributed by atoms with van der Waals surface area (Å²) < 4.78 is 14.3. The summed E-state index contributed by atoms with van der Waals surface area (Å²) in [6.07, 6.45) is 18.4. The molecule has 1 aliphatic rings. The molecular weight excluding hydrogens is 979 g/mol. The van der Waals surface area contributed by atoms with Crippen LogP contribution in [0.3, 0.4) is 0 Å². The van der Waals surface area contributed by atoms with E-state index in [4.69, 9.17) is 19.4 Å². The fourth-order valence-corrected chi connectivity index (χ4v) is 11.6. The Morgan fingerprint density at radius 1 is 0.523 bits per heavy atom. The van der Waals surface area contributed by atoms with Crippen molar-refractivity contribution in [2.75, 3.05) is 19.8 Å². The minimum atomic E-state index is -0.269. The van der Waals surface area contributed by atoms with E-state index >= 15 is 9.59 Å². The lowest BCUT2D eigenvalue weighted by Gasteiger charge is -2.21. The van der Waals surface area contributed by atoms with Crippen LogP contribution in [-0.4, -0.2) is 46.4 Å². The number of thiophene rings is 2. The van der Waals surface area contributed by atoms with E-state index in [1.165, 1.54) is 78.9 Å². The molecule has 1 aliphatic heterocycles. The Morgan fingerprint density at radius 2 is 0.938 bits per heavy atom. The van der Waals surface area contributed by atoms with Crippen LogP contribution in [0.25, 0.3) is 54.4 Å². The number of carbonyl (C=O) groups is 2. The van der Waals surface area contributed by atoms with Gasteiger partial charge in [-0.2, -0.15) is 0 Å². The summed E-state index contributed by atoms with van der Waals surface area (Å²) in [6.45, 7) is 10.5. The van der Waals surface area contributed by atoms with Crippen LogP contribution in [-0.2, 0) is 0 Å². The van der Waals surface area contributed by atoms with Crippen molar-refractivity contribution in [1.82, 2.24) is 14.9 Å². The first-order chi connectivity index (χ1) is 31.8. The van der Waals surface area contributed by atoms with Gasteiger partial charge in [-0.05, 0) is 130 Å². The molecule has 11 heteroatoms. The van der Waals surface area contributed by atoms with Crippen LogP contribution in [0.2, 0.25) is 0 Å². The molecule has 0 N–H and O–H groups in total. The number of amides is 2. The highest BCUT2D eigenvalue weighted by atomic mass is 79.9. The molecule has 7 nitrogen and oxygen atoms in total. The lowest BCUT2D eigenvalue weighted by Crippen LogP contribution is -2.34. The molecule has 2 amide bonds. The normalized spacial score (nSPS) is 13.0. The van der Waals surface area contributed by atoms with Crippen LogP contribution < -0.4 is 9.47 Å². The van der Waals surface area contributed by atoms with Crippen LogP contribution in [0.1, 0.15) is 151 Å². The highest BCUT2D eigenvalue weighted by Crippen LogP contribution is 2.49. The zero-order chi connectivity index (χ0) is 45.7. The summed E-state index contributed by atoms with van der Waals surface area (Å²) in [6, 6.07) is 24.3. The van der Waals surface area contributed by atoms with Crippen molar-refractivity contribution in [2.24, 2.45) is 5.92 Å². The van der Waals surface area contributed by atoms with Crippen LogP contribution in [0.5, 0.6) is 11.5 Å². The van der Waals surface area contributed by atoms with Crippen molar-refractivity contribution >= 4 is 77.4 Å². The van der Waals surface area contributed by atoms with E-state index in [1.807, 2.05) is 48.5 Å². The van der Waals surface area contributed by atoms with Crippen molar-refractivity contribution < 1.29 is 19.1 Å². The first-order valence-electron chi connectivity index (χ1n) is 24.0. The van der Waals surface area contributed by atoms with E-state index in [-0.39, 0.29) is 17.7 Å². The fourth-order valence-electron chi connectivity index (χ4n) is 8.74. The summed E-state index contributed by atoms with van der Waals surface area (Å²) in [5.74, 6) is 1.29. The van der Waals surface area contributed by atoms with Gasteiger partial charge in [0.15, 0.2) is 0 Å². The Labute approximate surface area is 411 Å². The number of fused-ring (bicyclic) bond motifs is 2. The third-order valence-electron chi connectivity index (χ3n) is 12.4. The van der Waals surface area contributed by atoms with Gasteiger partial charge < -0.3 is 9.47 Å². The Kier molecular flexibility index (Phi) is 18.3. The maximum atomic E-state index is 15.0. The molecule has 4 heterocycles. The SMILES string of the molecule is CCCCCCCCOc1ccc(-c2nc3c(-c4ccc(Br)s4)c4c(c(-c5ccc(Br)s5)c3nc2-c2ccc(OCCCCCCCC)cc2)C(=O)N(CC(CC)CCCC)C4=O)cc1. The second-order valence-electron chi connectivity index (χ2n) is 17.2. The number of nitrogens with zero attached hydrogens (tertiary/aromatic N) is 3. The molecule has 0 fully saturated rings. The van der Waals surface area contributed by atoms with E-state index in [1.54, 1.807) is 0 Å². The zero-order valence-electron chi connectivity index (χ0n) is 38.5. The number of hydrogen-bond donors (Lipinski definition) is 0. The van der Waals surface area contributed by atoms with Gasteiger partial charge >= 0.3 is 0 Å². The minimum absolute atomic E-state index is 0.204. The monoisotopic (exact) mass is 1040 g/mol. The average molecular weight is 1040 g/mol. The number of halogens is 2. The van der Waals surface area contributed by atoms with E-state index in [0.29, 0.717) is 64.4 Å². The van der Waals surface area contributed by atoms with Gasteiger partial charge in [0.05, 0.1) is 54.3 Å². The number of aromatic nitrogens is 2. The molecule has 344 valence electrons. The number of ether oxygens (including phenoxy) is 2. The zero-order valence-corrected chi connectivity index (χ0v) is 43.3. The molecule has 1 atom stereocenters. The average Bonchev–Trinajstić information content (AvgIpc) is 4.02. The van der Waals surface area contributed by atoms with Crippen LogP contribution in [0.15, 0.2) is 80.4 Å². The first-order valence-corrected chi connectivity index (χ1v) is 27.2. The maximum absolute atomic E-state index is 15.0. The van der Waals surface area contributed by atoms with Gasteiger partial charge in [-0.25, -0.2) is 9.97 Å². The van der Waals surface area contributed by atoms with Crippen molar-refractivity contribution in [1.29, 1.82) is 0 Å². The van der Waals surface area contributed by atoms with Crippen LogP contribution in [0.4, 0.5) is 0 Å². The molecule has 65 heavy (non-hydrogen) atoms. The van der Waals surface area contributed by atoms with Gasteiger partial charge in [-0.1, -0.05) is 111 Å². The highest BCUT2D eigenvalue weighted by molar-refractivity contribution is 9.11. The van der Waals surface area contributed by atoms with E-state index in [2.05, 4.69) is 83.8 Å². The second kappa shape index (κ2) is 24.2. The lowest BCUT2D eigenvalue weighted by atomic mass is 9.92. The van der Waals surface area contributed by atoms with Crippen LogP contribution in [0, 0.1) is 5.92 Å². The number of carbonyl (C=O) groups excluding carboxylic acids is 2. The summed E-state index contributed by atoms with van der Waals surface area (Å²) >= 11 is 10.5. The molecule has 0 saturated heterocycles. The van der Waals surface area contributed by atoms with Crippen molar-refractivity contribution in [2.45, 2.75) is 130 Å². The predicted octanol–water partition coefficient (Wildman–Crippen LogP) is 17.2. The smallest absolute Gasteiger partial charge is 0.262 e. The molecule has 6 aromatic rings.